The van der Waals surface area contributed by atoms with Gasteiger partial charge in [-0.15, -0.1) is 0 Å². The van der Waals surface area contributed by atoms with Crippen molar-refractivity contribution in [2.75, 3.05) is 5.32 Å². The van der Waals surface area contributed by atoms with Crippen LogP contribution in [-0.4, -0.2) is 12.1 Å². The summed E-state index contributed by atoms with van der Waals surface area (Å²) in [5.74, 6) is -1.97. The van der Waals surface area contributed by atoms with Crippen molar-refractivity contribution in [2.45, 2.75) is 6.18 Å². The Labute approximate surface area is 118 Å². The second kappa shape index (κ2) is 4.77. The molecule has 0 aromatic heterocycles. The number of carbonyl (C=O) groups is 1. The van der Waals surface area contributed by atoms with Crippen LogP contribution in [0.15, 0.2) is 54.6 Å². The highest BCUT2D eigenvalue weighted by molar-refractivity contribution is 6.01. The predicted molar refractivity (Wildman–Crippen MR) is 76.1 cm³/mol. The van der Waals surface area contributed by atoms with Crippen molar-refractivity contribution in [3.63, 3.8) is 0 Å². The first-order valence-electron chi connectivity index (χ1n) is 6.24. The molecule has 1 N–H and O–H groups in total. The molecule has 0 radical (unpaired) electrons. The van der Waals surface area contributed by atoms with Gasteiger partial charge < -0.3 is 5.32 Å². The summed E-state index contributed by atoms with van der Waals surface area (Å²) in [5.41, 5.74) is 0.125. The Kier molecular flexibility index (Phi) is 3.05. The van der Waals surface area contributed by atoms with Crippen molar-refractivity contribution in [3.8, 4) is 0 Å². The van der Waals surface area contributed by atoms with Crippen molar-refractivity contribution < 1.29 is 18.0 Å². The van der Waals surface area contributed by atoms with E-state index in [2.05, 4.69) is 0 Å². The molecule has 3 aromatic rings. The molecule has 0 aliphatic heterocycles. The van der Waals surface area contributed by atoms with E-state index >= 15 is 0 Å². The molecule has 3 rings (SSSR count). The molecular formula is C16H10F3NO. The molecule has 0 aliphatic carbocycles. The fraction of sp³-hybridized carbons (Fsp3) is 0.0625. The molecule has 0 atom stereocenters. The number of carbonyl (C=O) groups excluding carboxylic acids is 1. The molecule has 0 saturated heterocycles. The van der Waals surface area contributed by atoms with Crippen LogP contribution in [0.25, 0.3) is 21.5 Å². The summed E-state index contributed by atoms with van der Waals surface area (Å²) < 4.78 is 36.7. The number of amides is 1. The minimum atomic E-state index is -4.89. The highest BCUT2D eigenvalue weighted by Gasteiger charge is 2.38. The maximum atomic E-state index is 12.2. The molecule has 0 fully saturated rings. The van der Waals surface area contributed by atoms with Gasteiger partial charge in [-0.3, -0.25) is 4.79 Å². The van der Waals surface area contributed by atoms with E-state index in [1.165, 1.54) is 12.1 Å². The highest BCUT2D eigenvalue weighted by atomic mass is 19.4. The Bertz CT molecular complexity index is 840. The molecule has 2 nitrogen and oxygen atoms in total. The van der Waals surface area contributed by atoms with Gasteiger partial charge in [0, 0.05) is 5.69 Å². The van der Waals surface area contributed by atoms with Crippen LogP contribution < -0.4 is 5.32 Å². The van der Waals surface area contributed by atoms with Crippen molar-refractivity contribution in [1.82, 2.24) is 0 Å². The molecule has 1 amide bonds. The molecule has 0 bridgehead atoms. The molecule has 5 heteroatoms. The van der Waals surface area contributed by atoms with Crippen molar-refractivity contribution >= 4 is 33.1 Å². The van der Waals surface area contributed by atoms with Crippen LogP contribution in [0.3, 0.4) is 0 Å². The van der Waals surface area contributed by atoms with Gasteiger partial charge in [-0.25, -0.2) is 0 Å². The number of rotatable bonds is 1. The van der Waals surface area contributed by atoms with Gasteiger partial charge in [-0.05, 0) is 45.8 Å². The summed E-state index contributed by atoms with van der Waals surface area (Å²) in [5, 5.41) is 5.57. The average molecular weight is 289 g/mol. The largest absolute Gasteiger partial charge is 0.471 e. The first kappa shape index (κ1) is 13.4. The number of alkyl halides is 3. The number of hydrogen-bond donors (Lipinski definition) is 1. The Morgan fingerprint density at radius 2 is 1.38 bits per heavy atom. The molecule has 3 aromatic carbocycles. The average Bonchev–Trinajstić information content (AvgIpc) is 2.44. The van der Waals surface area contributed by atoms with Crippen LogP contribution in [-0.2, 0) is 4.79 Å². The second-order valence-electron chi connectivity index (χ2n) is 4.71. The van der Waals surface area contributed by atoms with Gasteiger partial charge >= 0.3 is 12.1 Å². The van der Waals surface area contributed by atoms with E-state index in [-0.39, 0.29) is 5.69 Å². The Morgan fingerprint density at radius 3 is 2.00 bits per heavy atom. The topological polar surface area (TPSA) is 29.1 Å². The van der Waals surface area contributed by atoms with Crippen LogP contribution in [0, 0.1) is 0 Å². The lowest BCUT2D eigenvalue weighted by Crippen LogP contribution is -2.29. The van der Waals surface area contributed by atoms with Crippen molar-refractivity contribution in [3.05, 3.63) is 54.6 Å². The molecular weight excluding hydrogens is 279 g/mol. The summed E-state index contributed by atoms with van der Waals surface area (Å²) in [6.45, 7) is 0. The lowest BCUT2D eigenvalue weighted by Gasteiger charge is -2.09. The third-order valence-corrected chi connectivity index (χ3v) is 3.22. The van der Waals surface area contributed by atoms with Gasteiger partial charge in [0.05, 0.1) is 0 Å². The third kappa shape index (κ3) is 2.67. The fourth-order valence-electron chi connectivity index (χ4n) is 2.22. The number of benzene rings is 3. The van der Waals surface area contributed by atoms with Crippen LogP contribution in [0.1, 0.15) is 0 Å². The van der Waals surface area contributed by atoms with E-state index in [9.17, 15) is 18.0 Å². The molecule has 106 valence electrons. The third-order valence-electron chi connectivity index (χ3n) is 3.22. The number of anilines is 1. The first-order valence-corrected chi connectivity index (χ1v) is 6.24. The van der Waals surface area contributed by atoms with Gasteiger partial charge in [0.25, 0.3) is 0 Å². The molecule has 0 spiro atoms. The minimum absolute atomic E-state index is 0.125. The van der Waals surface area contributed by atoms with Gasteiger partial charge in [-0.1, -0.05) is 30.3 Å². The molecule has 0 aliphatic rings. The van der Waals surface area contributed by atoms with Gasteiger partial charge in [0.15, 0.2) is 0 Å². The molecule has 21 heavy (non-hydrogen) atoms. The number of nitrogens with one attached hydrogen (secondary N) is 1. The van der Waals surface area contributed by atoms with Gasteiger partial charge in [0.1, 0.15) is 0 Å². The summed E-state index contributed by atoms with van der Waals surface area (Å²) in [7, 11) is 0. The Hall–Kier alpha value is -2.56. The SMILES string of the molecule is O=C(Nc1ccc2cc3ccccc3cc2c1)C(F)(F)F. The zero-order chi connectivity index (χ0) is 15.0. The molecule has 0 saturated carbocycles. The van der Waals surface area contributed by atoms with Crippen molar-refractivity contribution in [1.29, 1.82) is 0 Å². The Morgan fingerprint density at radius 1 is 0.810 bits per heavy atom. The van der Waals surface area contributed by atoms with E-state index in [4.69, 9.17) is 0 Å². The van der Waals surface area contributed by atoms with Crippen LogP contribution in [0.5, 0.6) is 0 Å². The summed E-state index contributed by atoms with van der Waals surface area (Å²) in [4.78, 5) is 10.9. The maximum absolute atomic E-state index is 12.2. The van der Waals surface area contributed by atoms with Crippen LogP contribution in [0.4, 0.5) is 18.9 Å². The van der Waals surface area contributed by atoms with E-state index < -0.39 is 12.1 Å². The van der Waals surface area contributed by atoms with E-state index in [0.717, 1.165) is 21.5 Å². The standard InChI is InChI=1S/C16H10F3NO/c17-16(18,19)15(21)20-14-6-5-12-7-10-3-1-2-4-11(10)8-13(12)9-14/h1-9H,(H,20,21). The first-order chi connectivity index (χ1) is 9.93. The van der Waals surface area contributed by atoms with Crippen LogP contribution >= 0.6 is 0 Å². The van der Waals surface area contributed by atoms with Crippen molar-refractivity contribution in [2.24, 2.45) is 0 Å². The van der Waals surface area contributed by atoms with E-state index in [0.29, 0.717) is 0 Å². The molecule has 0 unspecified atom stereocenters. The van der Waals surface area contributed by atoms with E-state index in [1.54, 1.807) is 6.07 Å². The smallest absolute Gasteiger partial charge is 0.318 e. The summed E-state index contributed by atoms with van der Waals surface area (Å²) in [6, 6.07) is 16.2. The Balaban J connectivity index is 2.03. The zero-order valence-electron chi connectivity index (χ0n) is 10.7. The van der Waals surface area contributed by atoms with Gasteiger partial charge in [0.2, 0.25) is 0 Å². The van der Waals surface area contributed by atoms with Crippen LogP contribution in [0.2, 0.25) is 0 Å². The number of hydrogen-bond acceptors (Lipinski definition) is 1. The maximum Gasteiger partial charge on any atom is 0.471 e. The normalized spacial score (nSPS) is 11.8. The lowest BCUT2D eigenvalue weighted by molar-refractivity contribution is -0.167. The number of halogens is 3. The van der Waals surface area contributed by atoms with E-state index in [1.807, 2.05) is 41.7 Å². The monoisotopic (exact) mass is 289 g/mol. The zero-order valence-corrected chi connectivity index (χ0v) is 10.7. The van der Waals surface area contributed by atoms with Gasteiger partial charge in [-0.2, -0.15) is 13.2 Å². The molecule has 0 heterocycles. The fourth-order valence-corrected chi connectivity index (χ4v) is 2.22. The predicted octanol–water partition coefficient (Wildman–Crippen LogP) is 4.49. The lowest BCUT2D eigenvalue weighted by atomic mass is 10.0. The minimum Gasteiger partial charge on any atom is -0.318 e. The second-order valence-corrected chi connectivity index (χ2v) is 4.71. The highest BCUT2D eigenvalue weighted by Crippen LogP contribution is 2.26. The number of fused-ring (bicyclic) bond motifs is 2. The summed E-state index contributed by atoms with van der Waals surface area (Å²) in [6.07, 6.45) is -4.89. The quantitative estimate of drug-likeness (QED) is 0.657. The summed E-state index contributed by atoms with van der Waals surface area (Å²) >= 11 is 0.